The lowest BCUT2D eigenvalue weighted by Gasteiger charge is -2.11. The molecular formula is C8H15N3O. The molecule has 4 heteroatoms. The van der Waals surface area contributed by atoms with Crippen molar-refractivity contribution in [1.82, 2.24) is 9.55 Å². The second kappa shape index (κ2) is 4.23. The Hall–Kier alpha value is -0.870. The quantitative estimate of drug-likeness (QED) is 0.712. The van der Waals surface area contributed by atoms with Crippen molar-refractivity contribution in [2.75, 3.05) is 13.2 Å². The minimum atomic E-state index is -0.0591. The molecule has 0 aliphatic carbocycles. The molecule has 1 aromatic rings. The van der Waals surface area contributed by atoms with Gasteiger partial charge in [0.05, 0.1) is 12.0 Å². The van der Waals surface area contributed by atoms with E-state index in [0.29, 0.717) is 13.2 Å². The molecule has 0 aliphatic heterocycles. The third kappa shape index (κ3) is 2.06. The number of rotatable bonds is 4. The van der Waals surface area contributed by atoms with Crippen molar-refractivity contribution >= 4 is 0 Å². The zero-order valence-electron chi connectivity index (χ0n) is 7.53. The van der Waals surface area contributed by atoms with E-state index in [2.05, 4.69) is 4.98 Å². The lowest BCUT2D eigenvalue weighted by molar-refractivity contribution is 0.0660. The van der Waals surface area contributed by atoms with Crippen molar-refractivity contribution in [3.8, 4) is 0 Å². The number of nitrogens with two attached hydrogens (primary N) is 1. The Balaban J connectivity index is 2.66. The molecule has 0 saturated carbocycles. The zero-order valence-corrected chi connectivity index (χ0v) is 7.53. The molecule has 0 aliphatic rings. The number of hydrogen-bond acceptors (Lipinski definition) is 3. The number of hydrogen-bond donors (Lipinski definition) is 1. The summed E-state index contributed by atoms with van der Waals surface area (Å²) in [5, 5.41) is 0. The van der Waals surface area contributed by atoms with Crippen LogP contribution in [-0.2, 0) is 11.8 Å². The maximum Gasteiger partial charge on any atom is 0.113 e. The fraction of sp³-hybridized carbons (Fsp3) is 0.625. The van der Waals surface area contributed by atoms with Crippen LogP contribution in [0.5, 0.6) is 0 Å². The van der Waals surface area contributed by atoms with Crippen LogP contribution < -0.4 is 5.73 Å². The molecule has 68 valence electrons. The summed E-state index contributed by atoms with van der Waals surface area (Å²) in [6.07, 6.45) is 3.61. The number of aromatic nitrogens is 2. The third-order valence-corrected chi connectivity index (χ3v) is 1.64. The molecule has 0 saturated heterocycles. The smallest absolute Gasteiger partial charge is 0.113 e. The van der Waals surface area contributed by atoms with Gasteiger partial charge in [-0.3, -0.25) is 0 Å². The Morgan fingerprint density at radius 3 is 2.92 bits per heavy atom. The summed E-state index contributed by atoms with van der Waals surface area (Å²) in [6.45, 7) is 3.09. The minimum Gasteiger partial charge on any atom is -0.371 e. The lowest BCUT2D eigenvalue weighted by atomic mass is 10.3. The molecule has 1 atom stereocenters. The topological polar surface area (TPSA) is 53.1 Å². The molecule has 1 heterocycles. The van der Waals surface area contributed by atoms with Crippen molar-refractivity contribution < 1.29 is 4.74 Å². The van der Waals surface area contributed by atoms with E-state index >= 15 is 0 Å². The van der Waals surface area contributed by atoms with Crippen LogP contribution in [0.25, 0.3) is 0 Å². The molecule has 0 fully saturated rings. The van der Waals surface area contributed by atoms with Gasteiger partial charge in [-0.1, -0.05) is 0 Å². The molecule has 4 nitrogen and oxygen atoms in total. The molecule has 0 amide bonds. The Bertz CT molecular complexity index is 234. The van der Waals surface area contributed by atoms with Gasteiger partial charge in [0.2, 0.25) is 0 Å². The van der Waals surface area contributed by atoms with Crippen molar-refractivity contribution in [3.63, 3.8) is 0 Å². The zero-order chi connectivity index (χ0) is 8.97. The molecule has 0 radical (unpaired) electrons. The molecule has 2 N–H and O–H groups in total. The maximum atomic E-state index is 5.53. The second-order valence-corrected chi connectivity index (χ2v) is 2.64. The molecule has 0 bridgehead atoms. The summed E-state index contributed by atoms with van der Waals surface area (Å²) in [5.74, 6) is 0. The van der Waals surface area contributed by atoms with Gasteiger partial charge in [0, 0.05) is 26.4 Å². The highest BCUT2D eigenvalue weighted by Gasteiger charge is 2.11. The van der Waals surface area contributed by atoms with Gasteiger partial charge < -0.3 is 15.0 Å². The van der Waals surface area contributed by atoms with Gasteiger partial charge in [-0.15, -0.1) is 0 Å². The minimum absolute atomic E-state index is 0.0591. The molecule has 0 aromatic carbocycles. The number of imidazole rings is 1. The predicted molar refractivity (Wildman–Crippen MR) is 46.6 cm³/mol. The van der Waals surface area contributed by atoms with Gasteiger partial charge in [0.1, 0.15) is 6.10 Å². The molecule has 1 rings (SSSR count). The third-order valence-electron chi connectivity index (χ3n) is 1.64. The summed E-state index contributed by atoms with van der Waals surface area (Å²) in [4.78, 5) is 4.16. The van der Waals surface area contributed by atoms with E-state index in [1.165, 1.54) is 0 Å². The number of nitrogens with zero attached hydrogens (tertiary/aromatic N) is 2. The van der Waals surface area contributed by atoms with Crippen LogP contribution in [0, 0.1) is 0 Å². The van der Waals surface area contributed by atoms with Crippen LogP contribution in [0.15, 0.2) is 12.5 Å². The first-order valence-corrected chi connectivity index (χ1v) is 4.07. The fourth-order valence-electron chi connectivity index (χ4n) is 1.07. The highest BCUT2D eigenvalue weighted by Crippen LogP contribution is 2.12. The predicted octanol–water partition coefficient (Wildman–Crippen LogP) is 0.456. The van der Waals surface area contributed by atoms with E-state index in [1.807, 2.05) is 24.7 Å². The van der Waals surface area contributed by atoms with Crippen LogP contribution in [0.1, 0.15) is 18.7 Å². The summed E-state index contributed by atoms with van der Waals surface area (Å²) in [7, 11) is 1.93. The first-order valence-electron chi connectivity index (χ1n) is 4.07. The first-order chi connectivity index (χ1) is 5.77. The maximum absolute atomic E-state index is 5.53. The molecule has 1 aromatic heterocycles. The van der Waals surface area contributed by atoms with Crippen LogP contribution in [-0.4, -0.2) is 22.7 Å². The van der Waals surface area contributed by atoms with Gasteiger partial charge in [0.15, 0.2) is 0 Å². The van der Waals surface area contributed by atoms with Crippen LogP contribution in [0.4, 0.5) is 0 Å². The summed E-state index contributed by atoms with van der Waals surface area (Å²) in [6, 6.07) is 0. The highest BCUT2D eigenvalue weighted by atomic mass is 16.5. The standard InChI is InChI=1S/C8H15N3O/c1-3-12-8(4-9)7-5-11(2)6-10-7/h5-6,8H,3-4,9H2,1-2H3. The van der Waals surface area contributed by atoms with Crippen LogP contribution in [0.3, 0.4) is 0 Å². The average molecular weight is 169 g/mol. The monoisotopic (exact) mass is 169 g/mol. The van der Waals surface area contributed by atoms with Crippen molar-refractivity contribution in [1.29, 1.82) is 0 Å². The average Bonchev–Trinajstić information content (AvgIpc) is 2.47. The van der Waals surface area contributed by atoms with Gasteiger partial charge >= 0.3 is 0 Å². The fourth-order valence-corrected chi connectivity index (χ4v) is 1.07. The summed E-state index contributed by atoms with van der Waals surface area (Å²) >= 11 is 0. The largest absolute Gasteiger partial charge is 0.371 e. The summed E-state index contributed by atoms with van der Waals surface area (Å²) < 4.78 is 7.28. The van der Waals surface area contributed by atoms with E-state index in [4.69, 9.17) is 10.5 Å². The Morgan fingerprint density at radius 2 is 2.50 bits per heavy atom. The van der Waals surface area contributed by atoms with Gasteiger partial charge in [0.25, 0.3) is 0 Å². The van der Waals surface area contributed by atoms with Gasteiger partial charge in [-0.25, -0.2) is 4.98 Å². The lowest BCUT2D eigenvalue weighted by Crippen LogP contribution is -2.16. The molecule has 1 unspecified atom stereocenters. The molecule has 12 heavy (non-hydrogen) atoms. The second-order valence-electron chi connectivity index (χ2n) is 2.64. The van der Waals surface area contributed by atoms with Crippen molar-refractivity contribution in [2.45, 2.75) is 13.0 Å². The SMILES string of the molecule is CCOC(CN)c1cn(C)cn1. The van der Waals surface area contributed by atoms with E-state index in [1.54, 1.807) is 6.33 Å². The highest BCUT2D eigenvalue weighted by molar-refractivity contribution is 5.01. The number of ether oxygens (including phenoxy) is 1. The van der Waals surface area contributed by atoms with Gasteiger partial charge in [-0.05, 0) is 6.92 Å². The Kier molecular flexibility index (Phi) is 3.25. The molecular weight excluding hydrogens is 154 g/mol. The van der Waals surface area contributed by atoms with E-state index in [0.717, 1.165) is 5.69 Å². The van der Waals surface area contributed by atoms with E-state index in [-0.39, 0.29) is 6.10 Å². The normalized spacial score (nSPS) is 13.2. The van der Waals surface area contributed by atoms with Crippen molar-refractivity contribution in [2.24, 2.45) is 12.8 Å². The summed E-state index contributed by atoms with van der Waals surface area (Å²) in [5.41, 5.74) is 6.43. The van der Waals surface area contributed by atoms with Gasteiger partial charge in [-0.2, -0.15) is 0 Å². The van der Waals surface area contributed by atoms with Crippen LogP contribution >= 0.6 is 0 Å². The van der Waals surface area contributed by atoms with E-state index < -0.39 is 0 Å². The Morgan fingerprint density at radius 1 is 1.75 bits per heavy atom. The molecule has 0 spiro atoms. The van der Waals surface area contributed by atoms with Crippen LogP contribution in [0.2, 0.25) is 0 Å². The van der Waals surface area contributed by atoms with Crippen molar-refractivity contribution in [3.05, 3.63) is 18.2 Å². The Labute approximate surface area is 72.3 Å². The van der Waals surface area contributed by atoms with E-state index in [9.17, 15) is 0 Å². The first kappa shape index (κ1) is 9.22. The number of aryl methyl sites for hydroxylation is 1.